The van der Waals surface area contributed by atoms with Gasteiger partial charge in [0, 0.05) is 12.0 Å². The van der Waals surface area contributed by atoms with Crippen molar-refractivity contribution in [3.63, 3.8) is 0 Å². The maximum absolute atomic E-state index is 14.5. The van der Waals surface area contributed by atoms with Gasteiger partial charge in [-0.05, 0) is 43.5 Å². The molecule has 0 spiro atoms. The van der Waals surface area contributed by atoms with Gasteiger partial charge in [-0.25, -0.2) is 13.8 Å². The highest BCUT2D eigenvalue weighted by molar-refractivity contribution is 8.15. The summed E-state index contributed by atoms with van der Waals surface area (Å²) < 4.78 is 28.4. The van der Waals surface area contributed by atoms with Gasteiger partial charge in [0.1, 0.15) is 40.6 Å². The lowest BCUT2D eigenvalue weighted by Crippen LogP contribution is -2.45. The normalized spacial score (nSPS) is 19.6. The van der Waals surface area contributed by atoms with Crippen molar-refractivity contribution >= 4 is 28.5 Å². The average molecular weight is 463 g/mol. The number of carbonyl (C=O) groups is 1. The molecule has 2 unspecified atom stereocenters. The van der Waals surface area contributed by atoms with Crippen LogP contribution in [-0.2, 0) is 14.5 Å². The first-order valence-corrected chi connectivity index (χ1v) is 10.8. The van der Waals surface area contributed by atoms with Gasteiger partial charge in [-0.15, -0.1) is 0 Å². The van der Waals surface area contributed by atoms with Crippen molar-refractivity contribution in [3.05, 3.63) is 71.3 Å². The van der Waals surface area contributed by atoms with E-state index >= 15 is 0 Å². The third kappa shape index (κ3) is 4.91. The van der Waals surface area contributed by atoms with Gasteiger partial charge in [-0.2, -0.15) is 5.10 Å². The number of rotatable bonds is 8. The summed E-state index contributed by atoms with van der Waals surface area (Å²) in [5, 5.41) is 19.4. The van der Waals surface area contributed by atoms with E-state index in [2.05, 4.69) is 15.1 Å². The van der Waals surface area contributed by atoms with Crippen LogP contribution in [0.1, 0.15) is 37.3 Å². The Bertz CT molecular complexity index is 1030. The summed E-state index contributed by atoms with van der Waals surface area (Å²) >= 11 is 1.13. The highest BCUT2D eigenvalue weighted by Crippen LogP contribution is 2.51. The van der Waals surface area contributed by atoms with E-state index in [0.29, 0.717) is 19.3 Å². The number of carbonyl (C=O) groups excluding carboxylic acids is 1. The van der Waals surface area contributed by atoms with Gasteiger partial charge in [0.05, 0.1) is 0 Å². The van der Waals surface area contributed by atoms with Crippen LogP contribution in [0.4, 0.5) is 8.78 Å². The van der Waals surface area contributed by atoms with E-state index in [9.17, 15) is 18.7 Å². The second-order valence-corrected chi connectivity index (χ2v) is 8.49. The molecule has 170 valence electrons. The molecule has 32 heavy (non-hydrogen) atoms. The third-order valence-electron chi connectivity index (χ3n) is 4.91. The number of halogens is 2. The standard InChI is InChI=1S/C22H24F2N4O3S/c1-14(29)21(30)28-22(15-7-4-3-5-8-15,12-6-9-19(25)27-31-2)32-20(26-28)17-13-16(23)10-11-18(17)24/h3-5,7-8,10-11,13-14,29H,6,9,12H2,1-2H3,(H2,25,27). The van der Waals surface area contributed by atoms with E-state index in [0.717, 1.165) is 35.5 Å². The summed E-state index contributed by atoms with van der Waals surface area (Å²) in [6.45, 7) is 1.34. The molecule has 2 atom stereocenters. The zero-order valence-corrected chi connectivity index (χ0v) is 18.5. The molecule has 7 nitrogen and oxygen atoms in total. The van der Waals surface area contributed by atoms with Crippen LogP contribution in [0.15, 0.2) is 58.8 Å². The number of nitrogens with zero attached hydrogens (tertiary/aromatic N) is 3. The van der Waals surface area contributed by atoms with Crippen LogP contribution in [0, 0.1) is 11.6 Å². The molecular formula is C22H24F2N4O3S. The maximum atomic E-state index is 14.5. The van der Waals surface area contributed by atoms with Crippen molar-refractivity contribution in [1.29, 1.82) is 0 Å². The molecule has 2 aromatic rings. The highest BCUT2D eigenvalue weighted by Gasteiger charge is 2.49. The zero-order chi connectivity index (χ0) is 23.3. The second kappa shape index (κ2) is 10.1. The van der Waals surface area contributed by atoms with E-state index in [4.69, 9.17) is 5.73 Å². The Morgan fingerprint density at radius 3 is 2.69 bits per heavy atom. The molecule has 0 aliphatic carbocycles. The van der Waals surface area contributed by atoms with Crippen LogP contribution in [0.5, 0.6) is 0 Å². The molecule has 10 heteroatoms. The van der Waals surface area contributed by atoms with Gasteiger partial charge in [-0.1, -0.05) is 47.2 Å². The third-order valence-corrected chi connectivity index (χ3v) is 6.35. The summed E-state index contributed by atoms with van der Waals surface area (Å²) in [5.74, 6) is -1.67. The number of thioether (sulfide) groups is 1. The molecular weight excluding hydrogens is 438 g/mol. The molecule has 1 aliphatic rings. The number of hydrogen-bond donors (Lipinski definition) is 2. The molecule has 0 fully saturated rings. The number of oxime groups is 1. The van der Waals surface area contributed by atoms with E-state index < -0.39 is 28.5 Å². The summed E-state index contributed by atoms with van der Waals surface area (Å²) in [5.41, 5.74) is 6.49. The molecule has 0 aromatic heterocycles. The molecule has 0 saturated carbocycles. The molecule has 0 radical (unpaired) electrons. The summed E-state index contributed by atoms with van der Waals surface area (Å²) in [6.07, 6.45) is -0.134. The number of amidine groups is 1. The fraction of sp³-hybridized carbons (Fsp3) is 0.318. The Kier molecular flexibility index (Phi) is 7.47. The van der Waals surface area contributed by atoms with E-state index in [-0.39, 0.29) is 16.4 Å². The van der Waals surface area contributed by atoms with Crippen molar-refractivity contribution in [2.24, 2.45) is 16.0 Å². The van der Waals surface area contributed by atoms with Crippen LogP contribution < -0.4 is 5.73 Å². The lowest BCUT2D eigenvalue weighted by atomic mass is 9.98. The molecule has 2 aromatic carbocycles. The molecule has 1 heterocycles. The lowest BCUT2D eigenvalue weighted by Gasteiger charge is -2.36. The van der Waals surface area contributed by atoms with Crippen LogP contribution in [0.2, 0.25) is 0 Å². The van der Waals surface area contributed by atoms with E-state index in [1.807, 2.05) is 30.3 Å². The van der Waals surface area contributed by atoms with Crippen molar-refractivity contribution in [2.45, 2.75) is 37.2 Å². The minimum absolute atomic E-state index is 0.0586. The highest BCUT2D eigenvalue weighted by atomic mass is 32.2. The van der Waals surface area contributed by atoms with Crippen LogP contribution in [0.25, 0.3) is 0 Å². The number of aliphatic hydroxyl groups excluding tert-OH is 1. The first-order chi connectivity index (χ1) is 15.3. The molecule has 0 bridgehead atoms. The first-order valence-electron chi connectivity index (χ1n) is 9.94. The molecule has 3 rings (SSSR count). The molecule has 1 aliphatic heterocycles. The fourth-order valence-electron chi connectivity index (χ4n) is 3.42. The number of aliphatic hydroxyl groups is 1. The predicted molar refractivity (Wildman–Crippen MR) is 120 cm³/mol. The predicted octanol–water partition coefficient (Wildman–Crippen LogP) is 3.52. The topological polar surface area (TPSA) is 101 Å². The maximum Gasteiger partial charge on any atom is 0.272 e. The van der Waals surface area contributed by atoms with Crippen molar-refractivity contribution < 1.29 is 23.5 Å². The minimum Gasteiger partial charge on any atom is -0.398 e. The number of amides is 1. The Labute approximate surface area is 188 Å². The van der Waals surface area contributed by atoms with Gasteiger partial charge in [0.2, 0.25) is 0 Å². The first kappa shape index (κ1) is 23.7. The number of hydrogen-bond acceptors (Lipinski definition) is 6. The summed E-state index contributed by atoms with van der Waals surface area (Å²) in [7, 11) is 1.39. The van der Waals surface area contributed by atoms with E-state index in [1.165, 1.54) is 19.0 Å². The fourth-order valence-corrected chi connectivity index (χ4v) is 4.85. The smallest absolute Gasteiger partial charge is 0.272 e. The Balaban J connectivity index is 2.07. The average Bonchev–Trinajstić information content (AvgIpc) is 3.16. The number of nitrogens with two attached hydrogens (primary N) is 1. The summed E-state index contributed by atoms with van der Waals surface area (Å²) in [4.78, 5) is 16.6. The lowest BCUT2D eigenvalue weighted by molar-refractivity contribution is -0.143. The second-order valence-electron chi connectivity index (χ2n) is 7.23. The van der Waals surface area contributed by atoms with Crippen LogP contribution in [0.3, 0.4) is 0 Å². The number of benzene rings is 2. The van der Waals surface area contributed by atoms with Crippen LogP contribution in [-0.4, -0.2) is 40.1 Å². The molecule has 1 amide bonds. The monoisotopic (exact) mass is 462 g/mol. The molecule has 0 saturated heterocycles. The van der Waals surface area contributed by atoms with Gasteiger partial charge in [0.25, 0.3) is 5.91 Å². The van der Waals surface area contributed by atoms with Crippen molar-refractivity contribution in [2.75, 3.05) is 7.11 Å². The minimum atomic E-state index is -1.35. The van der Waals surface area contributed by atoms with Gasteiger partial charge < -0.3 is 15.7 Å². The Morgan fingerprint density at radius 1 is 1.31 bits per heavy atom. The van der Waals surface area contributed by atoms with E-state index in [1.54, 1.807) is 0 Å². The number of hydrazone groups is 1. The van der Waals surface area contributed by atoms with Gasteiger partial charge in [0.15, 0.2) is 0 Å². The van der Waals surface area contributed by atoms with Crippen molar-refractivity contribution in [3.8, 4) is 0 Å². The summed E-state index contributed by atoms with van der Waals surface area (Å²) in [6, 6.07) is 12.2. The van der Waals surface area contributed by atoms with Crippen LogP contribution >= 0.6 is 11.8 Å². The quantitative estimate of drug-likeness (QED) is 0.355. The Morgan fingerprint density at radius 2 is 2.03 bits per heavy atom. The van der Waals surface area contributed by atoms with Crippen molar-refractivity contribution in [1.82, 2.24) is 5.01 Å². The Hall–Kier alpha value is -2.98. The largest absolute Gasteiger partial charge is 0.398 e. The van der Waals surface area contributed by atoms with Gasteiger partial charge in [-0.3, -0.25) is 4.79 Å². The SMILES string of the molecule is CON=C(N)CCCC1(c2ccccc2)SC(c2cc(F)ccc2F)=NN1C(=O)C(C)O. The molecule has 3 N–H and O–H groups in total. The zero-order valence-electron chi connectivity index (χ0n) is 17.7. The van der Waals surface area contributed by atoms with Gasteiger partial charge >= 0.3 is 0 Å².